The van der Waals surface area contributed by atoms with Gasteiger partial charge >= 0.3 is 0 Å². The Bertz CT molecular complexity index is 1040. The maximum atomic E-state index is 13.1. The smallest absolute Gasteiger partial charge is 0.295 e. The van der Waals surface area contributed by atoms with E-state index < -0.39 is 17.7 Å². The molecule has 0 radical (unpaired) electrons. The predicted octanol–water partition coefficient (Wildman–Crippen LogP) is 2.42. The summed E-state index contributed by atoms with van der Waals surface area (Å²) in [7, 11) is 7.26. The highest BCUT2D eigenvalue weighted by Crippen LogP contribution is 2.41. The number of amides is 1. The largest absolute Gasteiger partial charge is 0.507 e. The number of hydrogen-bond acceptors (Lipinski definition) is 6. The lowest BCUT2D eigenvalue weighted by Gasteiger charge is -2.26. The van der Waals surface area contributed by atoms with E-state index in [-0.39, 0.29) is 11.3 Å². The van der Waals surface area contributed by atoms with Crippen molar-refractivity contribution >= 4 is 17.4 Å². The first-order chi connectivity index (χ1) is 14.7. The topological polar surface area (TPSA) is 87.9 Å². The molecule has 1 saturated heterocycles. The van der Waals surface area contributed by atoms with Crippen LogP contribution in [-0.2, 0) is 16.6 Å². The zero-order chi connectivity index (χ0) is 22.9. The van der Waals surface area contributed by atoms with Crippen molar-refractivity contribution < 1.29 is 19.4 Å². The van der Waals surface area contributed by atoms with Gasteiger partial charge in [-0.3, -0.25) is 14.3 Å². The summed E-state index contributed by atoms with van der Waals surface area (Å²) < 4.78 is 7.00. The van der Waals surface area contributed by atoms with E-state index in [1.165, 1.54) is 0 Å². The number of likely N-dealkylation sites (tertiary alicyclic amines) is 1. The zero-order valence-electron chi connectivity index (χ0n) is 19.0. The number of carbonyl (C=O) groups excluding carboxylic acids is 2. The fourth-order valence-electron chi connectivity index (χ4n) is 4.08. The first-order valence-electron chi connectivity index (χ1n) is 10.2. The van der Waals surface area contributed by atoms with Crippen LogP contribution in [0, 0.1) is 13.8 Å². The first-order valence-corrected chi connectivity index (χ1v) is 10.2. The number of aliphatic hydroxyl groups is 1. The second kappa shape index (κ2) is 8.93. The quantitative estimate of drug-likeness (QED) is 0.416. The number of ether oxygens (including phenoxy) is 1. The lowest BCUT2D eigenvalue weighted by atomic mass is 9.94. The average Bonchev–Trinajstić information content (AvgIpc) is 3.13. The second-order valence-corrected chi connectivity index (χ2v) is 8.10. The Morgan fingerprint density at radius 3 is 2.55 bits per heavy atom. The molecular formula is C23H30N4O4. The Morgan fingerprint density at radius 1 is 1.26 bits per heavy atom. The van der Waals surface area contributed by atoms with Crippen LogP contribution in [0.25, 0.3) is 5.76 Å². The molecule has 2 aromatic rings. The highest BCUT2D eigenvalue weighted by atomic mass is 16.5. The fraction of sp³-hybridized carbons (Fsp3) is 0.435. The van der Waals surface area contributed by atoms with Crippen LogP contribution in [0.5, 0.6) is 5.75 Å². The third-order valence-electron chi connectivity index (χ3n) is 5.70. The van der Waals surface area contributed by atoms with E-state index in [9.17, 15) is 14.7 Å². The van der Waals surface area contributed by atoms with Gasteiger partial charge in [0.05, 0.1) is 30.0 Å². The lowest BCUT2D eigenvalue weighted by molar-refractivity contribution is -0.139. The summed E-state index contributed by atoms with van der Waals surface area (Å²) in [5.74, 6) is -0.861. The number of aryl methyl sites for hydroxylation is 2. The number of Topliss-reactive ketones (excluding diaryl/α,β-unsaturated/α-hetero) is 1. The van der Waals surface area contributed by atoms with Crippen LogP contribution in [0.3, 0.4) is 0 Å². The van der Waals surface area contributed by atoms with Crippen LogP contribution in [0.1, 0.15) is 35.0 Å². The highest BCUT2D eigenvalue weighted by Gasteiger charge is 2.46. The summed E-state index contributed by atoms with van der Waals surface area (Å²) >= 11 is 0. The van der Waals surface area contributed by atoms with Crippen LogP contribution in [-0.4, -0.2) is 70.7 Å². The molecule has 0 bridgehead atoms. The third kappa shape index (κ3) is 4.20. The summed E-state index contributed by atoms with van der Waals surface area (Å²) in [5, 5.41) is 15.6. The molecule has 0 spiro atoms. The summed E-state index contributed by atoms with van der Waals surface area (Å²) in [6, 6.07) is 6.56. The van der Waals surface area contributed by atoms with E-state index in [2.05, 4.69) is 5.10 Å². The Kier molecular flexibility index (Phi) is 6.50. The molecule has 31 heavy (non-hydrogen) atoms. The molecule has 166 valence electrons. The van der Waals surface area contributed by atoms with Gasteiger partial charge < -0.3 is 19.6 Å². The molecule has 1 aromatic carbocycles. The van der Waals surface area contributed by atoms with E-state index in [0.717, 1.165) is 12.2 Å². The molecule has 1 atom stereocenters. The van der Waals surface area contributed by atoms with Crippen LogP contribution < -0.4 is 4.74 Å². The highest BCUT2D eigenvalue weighted by molar-refractivity contribution is 6.46. The Hall–Kier alpha value is -3.13. The number of hydrogen-bond donors (Lipinski definition) is 1. The SMILES string of the molecule is COc1cccc([C@H]2C(=C(O)c3c(C)nn(C)c3C)C(=O)C(=O)N2CCCN(C)C)c1. The van der Waals surface area contributed by atoms with Crippen molar-refractivity contribution in [3.8, 4) is 5.75 Å². The minimum absolute atomic E-state index is 0.0855. The average molecular weight is 427 g/mol. The van der Waals surface area contributed by atoms with Gasteiger partial charge in [0.1, 0.15) is 11.5 Å². The Morgan fingerprint density at radius 2 is 1.97 bits per heavy atom. The van der Waals surface area contributed by atoms with Crippen molar-refractivity contribution in [3.05, 3.63) is 52.4 Å². The van der Waals surface area contributed by atoms with Crippen molar-refractivity contribution in [2.75, 3.05) is 34.3 Å². The minimum Gasteiger partial charge on any atom is -0.507 e. The summed E-state index contributed by atoms with van der Waals surface area (Å²) in [5.41, 5.74) is 2.60. The molecule has 3 rings (SSSR count). The normalized spacial score (nSPS) is 18.3. The molecule has 0 unspecified atom stereocenters. The van der Waals surface area contributed by atoms with Gasteiger partial charge in [-0.25, -0.2) is 0 Å². The van der Waals surface area contributed by atoms with E-state index in [1.54, 1.807) is 42.8 Å². The number of benzene rings is 1. The molecule has 1 N–H and O–H groups in total. The number of ketones is 1. The zero-order valence-corrected chi connectivity index (χ0v) is 19.0. The predicted molar refractivity (Wildman–Crippen MR) is 118 cm³/mol. The Balaban J connectivity index is 2.17. The third-order valence-corrected chi connectivity index (χ3v) is 5.70. The van der Waals surface area contributed by atoms with Crippen molar-refractivity contribution in [2.24, 2.45) is 7.05 Å². The van der Waals surface area contributed by atoms with Crippen molar-refractivity contribution in [1.29, 1.82) is 0 Å². The molecule has 1 aliphatic heterocycles. The van der Waals surface area contributed by atoms with Crippen LogP contribution >= 0.6 is 0 Å². The van der Waals surface area contributed by atoms with Gasteiger partial charge in [0, 0.05) is 19.3 Å². The maximum Gasteiger partial charge on any atom is 0.295 e. The monoisotopic (exact) mass is 426 g/mol. The van der Waals surface area contributed by atoms with Gasteiger partial charge in [-0.05, 0) is 58.6 Å². The molecule has 2 heterocycles. The maximum absolute atomic E-state index is 13.1. The standard InChI is InChI=1S/C23H30N4O4/c1-14-18(15(2)26(5)24-14)21(28)19-20(16-9-7-10-17(13-16)31-6)27(23(30)22(19)29)12-8-11-25(3)4/h7,9-10,13,20,28H,8,11-12H2,1-6H3/t20-/m0/s1. The molecule has 0 saturated carbocycles. The van der Waals surface area contributed by atoms with Gasteiger partial charge in [0.15, 0.2) is 0 Å². The number of aromatic nitrogens is 2. The molecule has 1 aromatic heterocycles. The first kappa shape index (κ1) is 22.6. The summed E-state index contributed by atoms with van der Waals surface area (Å²) in [4.78, 5) is 29.7. The molecule has 1 fully saturated rings. The van der Waals surface area contributed by atoms with E-state index in [4.69, 9.17) is 4.74 Å². The van der Waals surface area contributed by atoms with Crippen molar-refractivity contribution in [3.63, 3.8) is 0 Å². The van der Waals surface area contributed by atoms with Crippen molar-refractivity contribution in [1.82, 2.24) is 19.6 Å². The van der Waals surface area contributed by atoms with Gasteiger partial charge in [-0.15, -0.1) is 0 Å². The molecule has 8 nitrogen and oxygen atoms in total. The van der Waals surface area contributed by atoms with Gasteiger partial charge in [-0.1, -0.05) is 12.1 Å². The Labute approximate surface area is 182 Å². The fourth-order valence-corrected chi connectivity index (χ4v) is 4.08. The molecule has 1 amide bonds. The number of carbonyl (C=O) groups is 2. The molecule has 0 aliphatic carbocycles. The van der Waals surface area contributed by atoms with E-state index in [1.807, 2.05) is 38.1 Å². The van der Waals surface area contributed by atoms with Crippen molar-refractivity contribution in [2.45, 2.75) is 26.3 Å². The summed E-state index contributed by atoms with van der Waals surface area (Å²) in [6.07, 6.45) is 0.700. The molecular weight excluding hydrogens is 396 g/mol. The van der Waals surface area contributed by atoms with Crippen LogP contribution in [0.15, 0.2) is 29.8 Å². The minimum atomic E-state index is -0.698. The lowest BCUT2D eigenvalue weighted by Crippen LogP contribution is -2.32. The molecule has 1 aliphatic rings. The van der Waals surface area contributed by atoms with Gasteiger partial charge in [-0.2, -0.15) is 5.10 Å². The van der Waals surface area contributed by atoms with Gasteiger partial charge in [0.25, 0.3) is 11.7 Å². The second-order valence-electron chi connectivity index (χ2n) is 8.10. The van der Waals surface area contributed by atoms with Gasteiger partial charge in [0.2, 0.25) is 0 Å². The van der Waals surface area contributed by atoms with Crippen LogP contribution in [0.2, 0.25) is 0 Å². The summed E-state index contributed by atoms with van der Waals surface area (Å²) in [6.45, 7) is 4.76. The number of methoxy groups -OCH3 is 1. The van der Waals surface area contributed by atoms with E-state index >= 15 is 0 Å². The molecule has 8 heteroatoms. The number of nitrogens with zero attached hydrogens (tertiary/aromatic N) is 4. The number of rotatable bonds is 7. The van der Waals surface area contributed by atoms with E-state index in [0.29, 0.717) is 35.5 Å². The van der Waals surface area contributed by atoms with Crippen LogP contribution in [0.4, 0.5) is 0 Å². The number of aliphatic hydroxyl groups excluding tert-OH is 1.